The van der Waals surface area contributed by atoms with Crippen molar-refractivity contribution in [2.45, 2.75) is 62.6 Å². The quantitative estimate of drug-likeness (QED) is 0.860. The zero-order chi connectivity index (χ0) is 14.9. The number of likely N-dealkylation sites (tertiary alicyclic amines) is 2. The van der Waals surface area contributed by atoms with Gasteiger partial charge in [-0.2, -0.15) is 0 Å². The molecule has 3 fully saturated rings. The van der Waals surface area contributed by atoms with Gasteiger partial charge >= 0.3 is 0 Å². The Balaban J connectivity index is 1.66. The Morgan fingerprint density at radius 2 is 1.90 bits per heavy atom. The maximum absolute atomic E-state index is 6.26. The second-order valence-corrected chi connectivity index (χ2v) is 7.55. The van der Waals surface area contributed by atoms with Gasteiger partial charge in [0, 0.05) is 38.3 Å². The number of fused-ring (bicyclic) bond motifs is 1. The van der Waals surface area contributed by atoms with Gasteiger partial charge in [0.25, 0.3) is 0 Å². The second-order valence-electron chi connectivity index (χ2n) is 7.55. The van der Waals surface area contributed by atoms with Gasteiger partial charge in [-0.05, 0) is 64.5 Å². The summed E-state index contributed by atoms with van der Waals surface area (Å²) in [6.07, 6.45) is 9.36. The van der Waals surface area contributed by atoms with Crippen molar-refractivity contribution in [3.8, 4) is 0 Å². The van der Waals surface area contributed by atoms with Crippen molar-refractivity contribution >= 4 is 0 Å². The first-order chi connectivity index (χ1) is 10.2. The topological polar surface area (TPSA) is 41.7 Å². The van der Waals surface area contributed by atoms with Crippen molar-refractivity contribution < 1.29 is 4.74 Å². The molecule has 0 spiro atoms. The van der Waals surface area contributed by atoms with E-state index in [1.165, 1.54) is 64.6 Å². The molecule has 2 N–H and O–H groups in total. The molecule has 2 atom stereocenters. The Morgan fingerprint density at radius 1 is 1.14 bits per heavy atom. The normalized spacial score (nSPS) is 42.7. The van der Waals surface area contributed by atoms with Crippen LogP contribution < -0.4 is 5.73 Å². The van der Waals surface area contributed by atoms with Gasteiger partial charge in [-0.3, -0.25) is 4.90 Å². The monoisotopic (exact) mass is 295 g/mol. The van der Waals surface area contributed by atoms with E-state index in [-0.39, 0.29) is 5.54 Å². The van der Waals surface area contributed by atoms with Crippen LogP contribution >= 0.6 is 0 Å². The average molecular weight is 295 g/mol. The lowest BCUT2D eigenvalue weighted by Gasteiger charge is -2.54. The minimum absolute atomic E-state index is 0.260. The SMILES string of the molecule is COC1CCC(CN)(N2CCC3C(CCCN3C)C2)CC1. The molecular formula is C17H33N3O. The summed E-state index contributed by atoms with van der Waals surface area (Å²) in [5.41, 5.74) is 6.52. The van der Waals surface area contributed by atoms with E-state index in [0.29, 0.717) is 6.10 Å². The van der Waals surface area contributed by atoms with Crippen LogP contribution in [0.1, 0.15) is 44.9 Å². The summed E-state index contributed by atoms with van der Waals surface area (Å²) in [4.78, 5) is 5.36. The molecule has 2 aliphatic heterocycles. The molecule has 3 aliphatic rings. The lowest BCUT2D eigenvalue weighted by Crippen LogP contribution is -2.62. The minimum atomic E-state index is 0.260. The molecule has 2 heterocycles. The summed E-state index contributed by atoms with van der Waals surface area (Å²) in [6.45, 7) is 4.61. The summed E-state index contributed by atoms with van der Waals surface area (Å²) in [7, 11) is 4.17. The van der Waals surface area contributed by atoms with Gasteiger partial charge < -0.3 is 15.4 Å². The number of hydrogen-bond acceptors (Lipinski definition) is 4. The fourth-order valence-corrected chi connectivity index (χ4v) is 5.10. The van der Waals surface area contributed by atoms with E-state index in [2.05, 4.69) is 16.8 Å². The predicted molar refractivity (Wildman–Crippen MR) is 86.4 cm³/mol. The number of nitrogens with two attached hydrogens (primary N) is 1. The van der Waals surface area contributed by atoms with Crippen LogP contribution in [-0.2, 0) is 4.74 Å². The number of ether oxygens (including phenoxy) is 1. The van der Waals surface area contributed by atoms with Crippen molar-refractivity contribution in [1.82, 2.24) is 9.80 Å². The number of hydrogen-bond donors (Lipinski definition) is 1. The summed E-state index contributed by atoms with van der Waals surface area (Å²) in [6, 6.07) is 0.820. The first-order valence-corrected chi connectivity index (χ1v) is 8.87. The molecule has 2 unspecified atom stereocenters. The smallest absolute Gasteiger partial charge is 0.0572 e. The molecule has 2 saturated heterocycles. The minimum Gasteiger partial charge on any atom is -0.381 e. The number of methoxy groups -OCH3 is 1. The molecule has 3 rings (SSSR count). The lowest BCUT2D eigenvalue weighted by molar-refractivity contribution is -0.0497. The summed E-state index contributed by atoms with van der Waals surface area (Å²) in [5.74, 6) is 0.862. The van der Waals surface area contributed by atoms with Crippen LogP contribution in [0.25, 0.3) is 0 Å². The highest BCUT2D eigenvalue weighted by Crippen LogP contribution is 2.39. The molecule has 0 aromatic heterocycles. The third kappa shape index (κ3) is 3.00. The number of nitrogens with zero attached hydrogens (tertiary/aromatic N) is 2. The van der Waals surface area contributed by atoms with E-state index >= 15 is 0 Å². The molecule has 21 heavy (non-hydrogen) atoms. The number of piperidine rings is 2. The van der Waals surface area contributed by atoms with Crippen LogP contribution in [0.15, 0.2) is 0 Å². The first kappa shape index (κ1) is 15.7. The van der Waals surface area contributed by atoms with Crippen LogP contribution in [0.4, 0.5) is 0 Å². The third-order valence-electron chi connectivity index (χ3n) is 6.59. The van der Waals surface area contributed by atoms with Crippen molar-refractivity contribution in [1.29, 1.82) is 0 Å². The van der Waals surface area contributed by atoms with E-state index in [4.69, 9.17) is 10.5 Å². The van der Waals surface area contributed by atoms with Gasteiger partial charge in [-0.1, -0.05) is 0 Å². The predicted octanol–water partition coefficient (Wildman–Crippen LogP) is 1.69. The Labute approximate surface area is 130 Å². The molecule has 0 amide bonds. The molecule has 0 aromatic rings. The molecule has 122 valence electrons. The Bertz CT molecular complexity index is 341. The average Bonchev–Trinajstić information content (AvgIpc) is 2.55. The molecule has 4 heteroatoms. The Kier molecular flexibility index (Phi) is 4.89. The molecule has 0 radical (unpaired) electrons. The maximum Gasteiger partial charge on any atom is 0.0572 e. The Hall–Kier alpha value is -0.160. The van der Waals surface area contributed by atoms with Crippen molar-refractivity contribution in [2.75, 3.05) is 40.3 Å². The Morgan fingerprint density at radius 3 is 2.57 bits per heavy atom. The molecule has 4 nitrogen and oxygen atoms in total. The molecule has 0 aromatic carbocycles. The molecule has 1 aliphatic carbocycles. The van der Waals surface area contributed by atoms with Gasteiger partial charge in [0.2, 0.25) is 0 Å². The fourth-order valence-electron chi connectivity index (χ4n) is 5.10. The number of rotatable bonds is 3. The first-order valence-electron chi connectivity index (χ1n) is 8.87. The van der Waals surface area contributed by atoms with Gasteiger partial charge in [0.05, 0.1) is 6.10 Å². The standard InChI is InChI=1S/C17H33N3O/c1-19-10-3-4-14-12-20(11-7-16(14)19)17(13-18)8-5-15(21-2)6-9-17/h14-16H,3-13,18H2,1-2H3. The largest absolute Gasteiger partial charge is 0.381 e. The molecule has 0 bridgehead atoms. The van der Waals surface area contributed by atoms with Gasteiger partial charge in [0.1, 0.15) is 0 Å². The summed E-state index contributed by atoms with van der Waals surface area (Å²) < 4.78 is 5.55. The second kappa shape index (κ2) is 6.53. The van der Waals surface area contributed by atoms with Gasteiger partial charge in [-0.25, -0.2) is 0 Å². The fraction of sp³-hybridized carbons (Fsp3) is 1.00. The van der Waals surface area contributed by atoms with E-state index in [1.54, 1.807) is 0 Å². The maximum atomic E-state index is 6.26. The van der Waals surface area contributed by atoms with E-state index < -0.39 is 0 Å². The zero-order valence-corrected chi connectivity index (χ0v) is 13.9. The third-order valence-corrected chi connectivity index (χ3v) is 6.59. The van der Waals surface area contributed by atoms with Gasteiger partial charge in [-0.15, -0.1) is 0 Å². The van der Waals surface area contributed by atoms with Crippen LogP contribution in [0.2, 0.25) is 0 Å². The van der Waals surface area contributed by atoms with E-state index in [9.17, 15) is 0 Å². The van der Waals surface area contributed by atoms with Gasteiger partial charge in [0.15, 0.2) is 0 Å². The van der Waals surface area contributed by atoms with Crippen LogP contribution in [0.5, 0.6) is 0 Å². The zero-order valence-electron chi connectivity index (χ0n) is 13.9. The molecular weight excluding hydrogens is 262 g/mol. The van der Waals surface area contributed by atoms with E-state index in [1.807, 2.05) is 7.11 Å². The highest BCUT2D eigenvalue weighted by molar-refractivity contribution is 5.00. The van der Waals surface area contributed by atoms with E-state index in [0.717, 1.165) is 18.5 Å². The highest BCUT2D eigenvalue weighted by atomic mass is 16.5. The molecule has 1 saturated carbocycles. The van der Waals surface area contributed by atoms with Crippen LogP contribution in [-0.4, -0.2) is 67.8 Å². The van der Waals surface area contributed by atoms with Crippen LogP contribution in [0, 0.1) is 5.92 Å². The highest BCUT2D eigenvalue weighted by Gasteiger charge is 2.44. The summed E-state index contributed by atoms with van der Waals surface area (Å²) in [5, 5.41) is 0. The lowest BCUT2D eigenvalue weighted by atomic mass is 9.75. The van der Waals surface area contributed by atoms with Crippen molar-refractivity contribution in [2.24, 2.45) is 11.7 Å². The van der Waals surface area contributed by atoms with Crippen molar-refractivity contribution in [3.05, 3.63) is 0 Å². The van der Waals surface area contributed by atoms with Crippen LogP contribution in [0.3, 0.4) is 0 Å². The summed E-state index contributed by atoms with van der Waals surface area (Å²) >= 11 is 0. The van der Waals surface area contributed by atoms with Crippen molar-refractivity contribution in [3.63, 3.8) is 0 Å².